The van der Waals surface area contributed by atoms with Crippen molar-refractivity contribution in [2.45, 2.75) is 26.3 Å². The largest absolute Gasteiger partial charge is 0.480 e. The Morgan fingerprint density at radius 3 is 2.85 bits per heavy atom. The van der Waals surface area contributed by atoms with Gasteiger partial charge in [0, 0.05) is 5.39 Å². The molecule has 2 atom stereocenters. The zero-order chi connectivity index (χ0) is 14.7. The Labute approximate surface area is 116 Å². The third-order valence-electron chi connectivity index (χ3n) is 3.49. The number of benzene rings is 1. The maximum absolute atomic E-state index is 12.3. The summed E-state index contributed by atoms with van der Waals surface area (Å²) in [6, 6.07) is 4.32. The van der Waals surface area contributed by atoms with Crippen molar-refractivity contribution in [3.05, 3.63) is 30.0 Å². The van der Waals surface area contributed by atoms with E-state index >= 15 is 0 Å². The first-order chi connectivity index (χ1) is 9.54. The van der Waals surface area contributed by atoms with Crippen molar-refractivity contribution in [3.63, 3.8) is 0 Å². The third-order valence-corrected chi connectivity index (χ3v) is 3.49. The van der Waals surface area contributed by atoms with Gasteiger partial charge in [0.05, 0.1) is 17.3 Å². The molecule has 2 unspecified atom stereocenters. The number of amides is 1. The molecule has 0 fully saturated rings. The quantitative estimate of drug-likeness (QED) is 0.775. The molecule has 0 radical (unpaired) electrons. The number of para-hydroxylation sites is 1. The Kier molecular flexibility index (Phi) is 4.02. The number of carboxylic acids is 1. The van der Waals surface area contributed by atoms with Gasteiger partial charge in [-0.3, -0.25) is 9.89 Å². The van der Waals surface area contributed by atoms with E-state index in [1.165, 1.54) is 0 Å². The average Bonchev–Trinajstić information content (AvgIpc) is 2.91. The maximum Gasteiger partial charge on any atom is 0.326 e. The van der Waals surface area contributed by atoms with Crippen molar-refractivity contribution in [2.24, 2.45) is 5.92 Å². The second kappa shape index (κ2) is 5.73. The lowest BCUT2D eigenvalue weighted by atomic mass is 9.98. The molecule has 6 nitrogen and oxygen atoms in total. The fourth-order valence-electron chi connectivity index (χ4n) is 2.06. The number of fused-ring (bicyclic) bond motifs is 1. The molecule has 1 aromatic heterocycles. The highest BCUT2D eigenvalue weighted by molar-refractivity contribution is 6.06. The summed E-state index contributed by atoms with van der Waals surface area (Å²) in [5, 5.41) is 19.2. The Hall–Kier alpha value is -2.37. The minimum absolute atomic E-state index is 0.141. The van der Waals surface area contributed by atoms with Gasteiger partial charge in [-0.15, -0.1) is 0 Å². The van der Waals surface area contributed by atoms with Crippen molar-refractivity contribution in [2.75, 3.05) is 0 Å². The second-order valence-corrected chi connectivity index (χ2v) is 4.81. The summed E-state index contributed by atoms with van der Waals surface area (Å²) in [5.74, 6) is -1.57. The van der Waals surface area contributed by atoms with E-state index in [1.54, 1.807) is 25.3 Å². The van der Waals surface area contributed by atoms with E-state index < -0.39 is 17.9 Å². The summed E-state index contributed by atoms with van der Waals surface area (Å²) in [6.45, 7) is 3.69. The predicted molar refractivity (Wildman–Crippen MR) is 74.4 cm³/mol. The van der Waals surface area contributed by atoms with Gasteiger partial charge in [-0.1, -0.05) is 32.4 Å². The molecular formula is C14H17N3O3. The summed E-state index contributed by atoms with van der Waals surface area (Å²) in [5.41, 5.74) is 1.01. The molecule has 2 aromatic rings. The zero-order valence-corrected chi connectivity index (χ0v) is 11.4. The molecule has 0 aliphatic carbocycles. The van der Waals surface area contributed by atoms with Gasteiger partial charge < -0.3 is 10.4 Å². The fraction of sp³-hybridized carbons (Fsp3) is 0.357. The lowest BCUT2D eigenvalue weighted by Crippen LogP contribution is -2.45. The first-order valence-corrected chi connectivity index (χ1v) is 6.50. The highest BCUT2D eigenvalue weighted by Gasteiger charge is 2.26. The van der Waals surface area contributed by atoms with E-state index in [-0.39, 0.29) is 5.92 Å². The molecule has 0 aliphatic rings. The van der Waals surface area contributed by atoms with Crippen LogP contribution in [0.3, 0.4) is 0 Å². The summed E-state index contributed by atoms with van der Waals surface area (Å²) in [7, 11) is 0. The maximum atomic E-state index is 12.3. The molecule has 1 heterocycles. The molecule has 20 heavy (non-hydrogen) atoms. The van der Waals surface area contributed by atoms with Crippen LogP contribution in [0, 0.1) is 5.92 Å². The van der Waals surface area contributed by atoms with Crippen LogP contribution < -0.4 is 5.32 Å². The van der Waals surface area contributed by atoms with Gasteiger partial charge in [-0.25, -0.2) is 4.79 Å². The SMILES string of the molecule is CCC(C)C(NC(=O)c1cccc2cn[nH]c12)C(=O)O. The van der Waals surface area contributed by atoms with E-state index in [2.05, 4.69) is 15.5 Å². The van der Waals surface area contributed by atoms with Crippen LogP contribution in [0.2, 0.25) is 0 Å². The van der Waals surface area contributed by atoms with Crippen LogP contribution in [0.25, 0.3) is 10.9 Å². The highest BCUT2D eigenvalue weighted by atomic mass is 16.4. The molecule has 6 heteroatoms. The Morgan fingerprint density at radius 1 is 1.45 bits per heavy atom. The summed E-state index contributed by atoms with van der Waals surface area (Å²) in [6.07, 6.45) is 2.29. The molecule has 3 N–H and O–H groups in total. The Bertz CT molecular complexity index is 635. The van der Waals surface area contributed by atoms with E-state index in [4.69, 9.17) is 0 Å². The van der Waals surface area contributed by atoms with Crippen LogP contribution in [-0.2, 0) is 4.79 Å². The van der Waals surface area contributed by atoms with Crippen molar-refractivity contribution in [1.82, 2.24) is 15.5 Å². The lowest BCUT2D eigenvalue weighted by molar-refractivity contribution is -0.140. The minimum atomic E-state index is -1.02. The van der Waals surface area contributed by atoms with Gasteiger partial charge in [-0.05, 0) is 12.0 Å². The standard InChI is InChI=1S/C14H17N3O3/c1-3-8(2)11(14(19)20)16-13(18)10-6-4-5-9-7-15-17-12(9)10/h4-8,11H,3H2,1-2H3,(H,15,17)(H,16,18)(H,19,20). The molecule has 0 saturated heterocycles. The molecule has 1 amide bonds. The van der Waals surface area contributed by atoms with Crippen molar-refractivity contribution in [1.29, 1.82) is 0 Å². The van der Waals surface area contributed by atoms with E-state index in [0.29, 0.717) is 17.5 Å². The number of nitrogens with one attached hydrogen (secondary N) is 2. The molecule has 1 aromatic carbocycles. The van der Waals surface area contributed by atoms with Crippen LogP contribution in [-0.4, -0.2) is 33.2 Å². The number of aliphatic carboxylic acids is 1. The van der Waals surface area contributed by atoms with Gasteiger partial charge in [0.2, 0.25) is 0 Å². The van der Waals surface area contributed by atoms with Crippen molar-refractivity contribution >= 4 is 22.8 Å². The Morgan fingerprint density at radius 2 is 2.20 bits per heavy atom. The van der Waals surface area contributed by atoms with Crippen LogP contribution in [0.5, 0.6) is 0 Å². The fourth-order valence-corrected chi connectivity index (χ4v) is 2.06. The number of carboxylic acid groups (broad SMARTS) is 1. The van der Waals surface area contributed by atoms with Crippen LogP contribution >= 0.6 is 0 Å². The number of hydrogen-bond donors (Lipinski definition) is 3. The summed E-state index contributed by atoms with van der Waals surface area (Å²) >= 11 is 0. The normalized spacial score (nSPS) is 13.9. The predicted octanol–water partition coefficient (Wildman–Crippen LogP) is 1.79. The van der Waals surface area contributed by atoms with Gasteiger partial charge in [0.1, 0.15) is 6.04 Å². The van der Waals surface area contributed by atoms with Gasteiger partial charge >= 0.3 is 5.97 Å². The molecule has 0 aliphatic heterocycles. The number of aromatic amines is 1. The third kappa shape index (κ3) is 2.64. The summed E-state index contributed by atoms with van der Waals surface area (Å²) in [4.78, 5) is 23.5. The zero-order valence-electron chi connectivity index (χ0n) is 11.4. The molecule has 2 rings (SSSR count). The molecule has 106 valence electrons. The first kappa shape index (κ1) is 14.0. The van der Waals surface area contributed by atoms with E-state index in [9.17, 15) is 14.7 Å². The first-order valence-electron chi connectivity index (χ1n) is 6.50. The number of rotatable bonds is 5. The van der Waals surface area contributed by atoms with Crippen molar-refractivity contribution in [3.8, 4) is 0 Å². The van der Waals surface area contributed by atoms with E-state index in [1.807, 2.05) is 13.0 Å². The lowest BCUT2D eigenvalue weighted by Gasteiger charge is -2.20. The summed E-state index contributed by atoms with van der Waals surface area (Å²) < 4.78 is 0. The number of nitrogens with zero attached hydrogens (tertiary/aromatic N) is 1. The highest BCUT2D eigenvalue weighted by Crippen LogP contribution is 2.16. The topological polar surface area (TPSA) is 95.1 Å². The monoisotopic (exact) mass is 275 g/mol. The molecular weight excluding hydrogens is 258 g/mol. The number of carbonyl (C=O) groups excluding carboxylic acids is 1. The second-order valence-electron chi connectivity index (χ2n) is 4.81. The molecule has 0 saturated carbocycles. The van der Waals surface area contributed by atoms with Crippen LogP contribution in [0.1, 0.15) is 30.6 Å². The van der Waals surface area contributed by atoms with Gasteiger partial charge in [0.15, 0.2) is 0 Å². The number of carbonyl (C=O) groups is 2. The number of H-pyrrole nitrogens is 1. The van der Waals surface area contributed by atoms with Crippen LogP contribution in [0.15, 0.2) is 24.4 Å². The average molecular weight is 275 g/mol. The van der Waals surface area contributed by atoms with Crippen LogP contribution in [0.4, 0.5) is 0 Å². The number of aromatic nitrogens is 2. The van der Waals surface area contributed by atoms with Gasteiger partial charge in [0.25, 0.3) is 5.91 Å². The van der Waals surface area contributed by atoms with Crippen molar-refractivity contribution < 1.29 is 14.7 Å². The van der Waals surface area contributed by atoms with Gasteiger partial charge in [-0.2, -0.15) is 5.10 Å². The van der Waals surface area contributed by atoms with E-state index in [0.717, 1.165) is 5.39 Å². The Balaban J connectivity index is 2.27. The number of hydrogen-bond acceptors (Lipinski definition) is 3. The smallest absolute Gasteiger partial charge is 0.326 e. The molecule has 0 bridgehead atoms. The molecule has 0 spiro atoms. The minimum Gasteiger partial charge on any atom is -0.480 e.